The average molecular weight is 328 g/mol. The maximum atomic E-state index is 5.26. The molecule has 25 heavy (non-hydrogen) atoms. The molecule has 0 aliphatic carbocycles. The molecule has 0 saturated heterocycles. The highest BCUT2D eigenvalue weighted by molar-refractivity contribution is 6.03. The van der Waals surface area contributed by atoms with Gasteiger partial charge in [-0.2, -0.15) is 5.10 Å². The van der Waals surface area contributed by atoms with E-state index in [1.807, 2.05) is 18.2 Å². The molecule has 1 unspecified atom stereocenters. The summed E-state index contributed by atoms with van der Waals surface area (Å²) in [4.78, 5) is 0. The Bertz CT molecular complexity index is 858. The lowest BCUT2D eigenvalue weighted by molar-refractivity contribution is 0.415. The van der Waals surface area contributed by atoms with Crippen molar-refractivity contribution in [2.24, 2.45) is 5.10 Å². The van der Waals surface area contributed by atoms with Gasteiger partial charge in [-0.05, 0) is 47.5 Å². The van der Waals surface area contributed by atoms with Gasteiger partial charge in [0.1, 0.15) is 5.75 Å². The molecule has 0 amide bonds. The zero-order valence-corrected chi connectivity index (χ0v) is 14.2. The molecule has 0 radical (unpaired) electrons. The highest BCUT2D eigenvalue weighted by atomic mass is 16.5. The normalized spacial score (nSPS) is 16.6. The summed E-state index contributed by atoms with van der Waals surface area (Å²) in [7, 11) is 1.69. The van der Waals surface area contributed by atoms with Crippen molar-refractivity contribution in [3.63, 3.8) is 0 Å². The van der Waals surface area contributed by atoms with Crippen molar-refractivity contribution < 1.29 is 4.74 Å². The van der Waals surface area contributed by atoms with E-state index < -0.39 is 0 Å². The smallest absolute Gasteiger partial charge is 0.118 e. The second kappa shape index (κ2) is 6.81. The van der Waals surface area contributed by atoms with Crippen LogP contribution in [0.4, 0.5) is 5.69 Å². The summed E-state index contributed by atoms with van der Waals surface area (Å²) in [5.41, 5.74) is 4.62. The van der Waals surface area contributed by atoms with Crippen LogP contribution in [-0.4, -0.2) is 12.8 Å². The molecule has 0 fully saturated rings. The first kappa shape index (κ1) is 15.5. The molecule has 3 aromatic carbocycles. The number of hydrogen-bond donors (Lipinski definition) is 0. The van der Waals surface area contributed by atoms with Crippen LogP contribution in [0.1, 0.15) is 23.6 Å². The van der Waals surface area contributed by atoms with Gasteiger partial charge in [0, 0.05) is 6.42 Å². The van der Waals surface area contributed by atoms with Gasteiger partial charge in [-0.1, -0.05) is 48.5 Å². The summed E-state index contributed by atoms with van der Waals surface area (Å²) in [6, 6.07) is 29.3. The number of hydrazone groups is 1. The van der Waals surface area contributed by atoms with Crippen LogP contribution in [-0.2, 0) is 0 Å². The molecule has 1 aliphatic rings. The Morgan fingerprint density at radius 2 is 1.48 bits per heavy atom. The molecular weight excluding hydrogens is 308 g/mol. The monoisotopic (exact) mass is 328 g/mol. The molecule has 0 spiro atoms. The van der Waals surface area contributed by atoms with Gasteiger partial charge < -0.3 is 4.74 Å². The number of para-hydroxylation sites is 1. The van der Waals surface area contributed by atoms with E-state index in [2.05, 4.69) is 71.7 Å². The molecule has 124 valence electrons. The van der Waals surface area contributed by atoms with Gasteiger partial charge in [-0.25, -0.2) is 0 Å². The van der Waals surface area contributed by atoms with E-state index in [1.54, 1.807) is 7.11 Å². The zero-order valence-electron chi connectivity index (χ0n) is 14.2. The van der Waals surface area contributed by atoms with E-state index in [0.29, 0.717) is 0 Å². The molecular formula is C22H20N2O. The lowest BCUT2D eigenvalue weighted by Crippen LogP contribution is -2.18. The van der Waals surface area contributed by atoms with Crippen molar-refractivity contribution in [3.05, 3.63) is 96.1 Å². The van der Waals surface area contributed by atoms with Gasteiger partial charge in [0.15, 0.2) is 0 Å². The van der Waals surface area contributed by atoms with Crippen LogP contribution in [0.3, 0.4) is 0 Å². The van der Waals surface area contributed by atoms with Gasteiger partial charge >= 0.3 is 0 Å². The van der Waals surface area contributed by atoms with Gasteiger partial charge in [0.05, 0.1) is 24.6 Å². The predicted molar refractivity (Wildman–Crippen MR) is 102 cm³/mol. The Balaban J connectivity index is 1.71. The van der Waals surface area contributed by atoms with E-state index in [0.717, 1.165) is 29.1 Å². The number of methoxy groups -OCH3 is 1. The van der Waals surface area contributed by atoms with Gasteiger partial charge in [-0.15, -0.1) is 0 Å². The summed E-state index contributed by atoms with van der Waals surface area (Å²) >= 11 is 0. The molecule has 4 rings (SSSR count). The first-order valence-corrected chi connectivity index (χ1v) is 8.46. The number of hydrogen-bond acceptors (Lipinski definition) is 3. The first-order chi connectivity index (χ1) is 12.3. The first-order valence-electron chi connectivity index (χ1n) is 8.46. The fourth-order valence-electron chi connectivity index (χ4n) is 3.22. The highest BCUT2D eigenvalue weighted by Gasteiger charge is 2.29. The fraction of sp³-hybridized carbons (Fsp3) is 0.136. The van der Waals surface area contributed by atoms with Crippen molar-refractivity contribution in [2.45, 2.75) is 12.5 Å². The lowest BCUT2D eigenvalue weighted by atomic mass is 9.98. The highest BCUT2D eigenvalue weighted by Crippen LogP contribution is 2.36. The third-order valence-corrected chi connectivity index (χ3v) is 4.54. The minimum Gasteiger partial charge on any atom is -0.497 e. The van der Waals surface area contributed by atoms with E-state index in [1.165, 1.54) is 5.56 Å². The van der Waals surface area contributed by atoms with E-state index in [-0.39, 0.29) is 6.04 Å². The largest absolute Gasteiger partial charge is 0.497 e. The van der Waals surface area contributed by atoms with Crippen molar-refractivity contribution >= 4 is 11.4 Å². The number of rotatable bonds is 4. The summed E-state index contributed by atoms with van der Waals surface area (Å²) < 4.78 is 5.26. The maximum absolute atomic E-state index is 5.26. The van der Waals surface area contributed by atoms with Crippen molar-refractivity contribution in [1.82, 2.24) is 0 Å². The Morgan fingerprint density at radius 1 is 0.840 bits per heavy atom. The Kier molecular flexibility index (Phi) is 4.21. The Labute approximate surface area is 148 Å². The van der Waals surface area contributed by atoms with Crippen molar-refractivity contribution in [1.29, 1.82) is 0 Å². The number of nitrogens with zero attached hydrogens (tertiary/aromatic N) is 2. The van der Waals surface area contributed by atoms with Crippen LogP contribution in [0.2, 0.25) is 0 Å². The quantitative estimate of drug-likeness (QED) is 0.669. The third kappa shape index (κ3) is 3.13. The van der Waals surface area contributed by atoms with Gasteiger partial charge in [-0.3, -0.25) is 5.01 Å². The number of anilines is 1. The van der Waals surface area contributed by atoms with E-state index in [4.69, 9.17) is 9.84 Å². The molecule has 3 nitrogen and oxygen atoms in total. The molecule has 0 aromatic heterocycles. The second-order valence-corrected chi connectivity index (χ2v) is 6.09. The van der Waals surface area contributed by atoms with E-state index in [9.17, 15) is 0 Å². The molecule has 0 saturated carbocycles. The van der Waals surface area contributed by atoms with Crippen LogP contribution in [0, 0.1) is 0 Å². The predicted octanol–water partition coefficient (Wildman–Crippen LogP) is 5.05. The topological polar surface area (TPSA) is 24.8 Å². The minimum atomic E-state index is 0.209. The second-order valence-electron chi connectivity index (χ2n) is 6.09. The summed E-state index contributed by atoms with van der Waals surface area (Å²) in [5, 5.41) is 7.08. The van der Waals surface area contributed by atoms with Crippen LogP contribution in [0.15, 0.2) is 90.0 Å². The molecule has 1 heterocycles. The summed E-state index contributed by atoms with van der Waals surface area (Å²) in [6.45, 7) is 0. The van der Waals surface area contributed by atoms with E-state index >= 15 is 0 Å². The third-order valence-electron chi connectivity index (χ3n) is 4.54. The SMILES string of the molecule is COc1ccc(C2=NN(c3ccccc3)C(c3ccccc3)C2)cc1. The Morgan fingerprint density at radius 3 is 2.12 bits per heavy atom. The average Bonchev–Trinajstić information content (AvgIpc) is 3.15. The molecule has 0 N–H and O–H groups in total. The lowest BCUT2D eigenvalue weighted by Gasteiger charge is -2.23. The van der Waals surface area contributed by atoms with Crippen LogP contribution in [0.25, 0.3) is 0 Å². The number of benzene rings is 3. The number of ether oxygens (including phenoxy) is 1. The molecule has 1 atom stereocenters. The summed E-state index contributed by atoms with van der Waals surface area (Å²) in [6.07, 6.45) is 0.880. The minimum absolute atomic E-state index is 0.209. The van der Waals surface area contributed by atoms with Gasteiger partial charge in [0.25, 0.3) is 0 Å². The van der Waals surface area contributed by atoms with Crippen molar-refractivity contribution in [2.75, 3.05) is 12.1 Å². The van der Waals surface area contributed by atoms with Crippen LogP contribution in [0.5, 0.6) is 5.75 Å². The van der Waals surface area contributed by atoms with Crippen LogP contribution < -0.4 is 9.75 Å². The maximum Gasteiger partial charge on any atom is 0.118 e. The van der Waals surface area contributed by atoms with Crippen molar-refractivity contribution in [3.8, 4) is 5.75 Å². The Hall–Kier alpha value is -3.07. The molecule has 3 aromatic rings. The molecule has 0 bridgehead atoms. The summed E-state index contributed by atoms with van der Waals surface area (Å²) in [5.74, 6) is 0.863. The van der Waals surface area contributed by atoms with Crippen LogP contribution >= 0.6 is 0 Å². The standard InChI is InChI=1S/C22H20N2O/c1-25-20-14-12-17(13-15-20)21-16-22(18-8-4-2-5-9-18)24(23-21)19-10-6-3-7-11-19/h2-15,22H,16H2,1H3. The van der Waals surface area contributed by atoms with Gasteiger partial charge in [0.2, 0.25) is 0 Å². The molecule has 3 heteroatoms. The zero-order chi connectivity index (χ0) is 17.1. The fourth-order valence-corrected chi connectivity index (χ4v) is 3.22. The molecule has 1 aliphatic heterocycles.